The first-order valence-corrected chi connectivity index (χ1v) is 10.4. The highest BCUT2D eigenvalue weighted by Gasteiger charge is 2.52. The van der Waals surface area contributed by atoms with Crippen LogP contribution >= 0.6 is 0 Å². The fourth-order valence-electron chi connectivity index (χ4n) is 3.40. The largest absolute Gasteiger partial charge is 0.459 e. The normalized spacial score (nSPS) is 23.9. The Kier molecular flexibility index (Phi) is 8.34. The summed E-state index contributed by atoms with van der Waals surface area (Å²) in [6, 6.07) is 16.1. The van der Waals surface area contributed by atoms with E-state index in [1.54, 1.807) is 48.5 Å². The maximum Gasteiger partial charge on any atom is 0.338 e. The predicted octanol–water partition coefficient (Wildman–Crippen LogP) is 1.65. The highest BCUT2D eigenvalue weighted by Crippen LogP contribution is 2.29. The van der Waals surface area contributed by atoms with Gasteiger partial charge in [0.15, 0.2) is 24.6 Å². The van der Waals surface area contributed by atoms with Gasteiger partial charge in [-0.15, -0.1) is 0 Å². The van der Waals surface area contributed by atoms with Crippen molar-refractivity contribution in [1.82, 2.24) is 0 Å². The molecule has 3 rings (SSSR count). The molecular weight excluding hydrogens is 448 g/mol. The van der Waals surface area contributed by atoms with E-state index in [1.807, 2.05) is 0 Å². The molecule has 0 unspecified atom stereocenters. The van der Waals surface area contributed by atoms with E-state index >= 15 is 0 Å². The van der Waals surface area contributed by atoms with Gasteiger partial charge in [-0.2, -0.15) is 0 Å². The van der Waals surface area contributed by atoms with Crippen molar-refractivity contribution >= 4 is 23.9 Å². The Balaban J connectivity index is 1.87. The van der Waals surface area contributed by atoms with E-state index in [9.17, 15) is 24.3 Å². The zero-order valence-electron chi connectivity index (χ0n) is 18.5. The second-order valence-corrected chi connectivity index (χ2v) is 7.41. The Morgan fingerprint density at radius 2 is 1.24 bits per heavy atom. The lowest BCUT2D eigenvalue weighted by molar-refractivity contribution is -0.292. The van der Waals surface area contributed by atoms with Crippen molar-refractivity contribution in [1.29, 1.82) is 0 Å². The summed E-state index contributed by atoms with van der Waals surface area (Å²) in [6.07, 6.45) is -7.30. The van der Waals surface area contributed by atoms with Crippen molar-refractivity contribution in [3.8, 4) is 0 Å². The van der Waals surface area contributed by atoms with Gasteiger partial charge >= 0.3 is 23.9 Å². The van der Waals surface area contributed by atoms with Gasteiger partial charge in [-0.25, -0.2) is 9.59 Å². The molecule has 1 aliphatic rings. The lowest BCUT2D eigenvalue weighted by Crippen LogP contribution is -2.62. The van der Waals surface area contributed by atoms with Crippen LogP contribution in [0.15, 0.2) is 60.7 Å². The summed E-state index contributed by atoms with van der Waals surface area (Å²) in [4.78, 5) is 48.5. The molecule has 0 bridgehead atoms. The first-order valence-electron chi connectivity index (χ1n) is 10.4. The first-order chi connectivity index (χ1) is 16.3. The van der Waals surface area contributed by atoms with E-state index in [-0.39, 0.29) is 11.1 Å². The maximum atomic E-state index is 12.8. The van der Waals surface area contributed by atoms with Crippen LogP contribution in [-0.4, -0.2) is 66.3 Å². The van der Waals surface area contributed by atoms with Gasteiger partial charge in [-0.3, -0.25) is 9.59 Å². The van der Waals surface area contributed by atoms with Crippen LogP contribution < -0.4 is 0 Å². The van der Waals surface area contributed by atoms with Crippen LogP contribution in [0.3, 0.4) is 0 Å². The molecule has 34 heavy (non-hydrogen) atoms. The number of esters is 4. The Hall–Kier alpha value is -3.76. The summed E-state index contributed by atoms with van der Waals surface area (Å²) < 4.78 is 26.7. The van der Waals surface area contributed by atoms with Crippen molar-refractivity contribution in [3.05, 3.63) is 71.8 Å². The van der Waals surface area contributed by atoms with Crippen LogP contribution in [0.25, 0.3) is 0 Å². The van der Waals surface area contributed by atoms with E-state index < -0.39 is 61.2 Å². The molecule has 0 spiro atoms. The number of aliphatic hydroxyl groups excluding tert-OH is 1. The monoisotopic (exact) mass is 472 g/mol. The fourth-order valence-corrected chi connectivity index (χ4v) is 3.40. The lowest BCUT2D eigenvalue weighted by Gasteiger charge is -2.42. The van der Waals surface area contributed by atoms with Gasteiger partial charge in [-0.1, -0.05) is 36.4 Å². The molecule has 1 aliphatic heterocycles. The SMILES string of the molecule is CC(=O)O[C@@H]1[C@@H](OC(C)=O)[C@H](O)O[C@H](COC(=O)c2ccccc2)[C@H]1OC(=O)c1ccccc1. The molecule has 10 nitrogen and oxygen atoms in total. The van der Waals surface area contributed by atoms with Crippen LogP contribution in [0.5, 0.6) is 0 Å². The quantitative estimate of drug-likeness (QED) is 0.468. The second kappa shape index (κ2) is 11.4. The van der Waals surface area contributed by atoms with Gasteiger partial charge < -0.3 is 28.8 Å². The highest BCUT2D eigenvalue weighted by molar-refractivity contribution is 5.90. The minimum Gasteiger partial charge on any atom is -0.459 e. The van der Waals surface area contributed by atoms with Gasteiger partial charge in [0.05, 0.1) is 11.1 Å². The van der Waals surface area contributed by atoms with E-state index in [2.05, 4.69) is 0 Å². The van der Waals surface area contributed by atoms with E-state index in [4.69, 9.17) is 23.7 Å². The molecule has 1 saturated heterocycles. The number of carbonyl (C=O) groups is 4. The second-order valence-electron chi connectivity index (χ2n) is 7.41. The third kappa shape index (κ3) is 6.40. The topological polar surface area (TPSA) is 135 Å². The number of benzene rings is 2. The third-order valence-electron chi connectivity index (χ3n) is 4.85. The molecule has 0 aliphatic carbocycles. The van der Waals surface area contributed by atoms with Crippen LogP contribution in [0, 0.1) is 0 Å². The average Bonchev–Trinajstić information content (AvgIpc) is 2.82. The van der Waals surface area contributed by atoms with Gasteiger partial charge in [0.2, 0.25) is 0 Å². The van der Waals surface area contributed by atoms with Crippen molar-refractivity contribution in [3.63, 3.8) is 0 Å². The average molecular weight is 472 g/mol. The number of hydrogen-bond acceptors (Lipinski definition) is 10. The molecule has 1 fully saturated rings. The zero-order valence-corrected chi connectivity index (χ0v) is 18.5. The molecule has 1 heterocycles. The van der Waals surface area contributed by atoms with Crippen molar-refractivity contribution in [2.45, 2.75) is 44.6 Å². The summed E-state index contributed by atoms with van der Waals surface area (Å²) >= 11 is 0. The molecule has 0 aromatic heterocycles. The van der Waals surface area contributed by atoms with E-state index in [0.29, 0.717) is 0 Å². The van der Waals surface area contributed by atoms with Gasteiger partial charge in [0.1, 0.15) is 12.7 Å². The summed E-state index contributed by atoms with van der Waals surface area (Å²) in [6.45, 7) is 1.74. The van der Waals surface area contributed by atoms with Crippen molar-refractivity contribution in [2.24, 2.45) is 0 Å². The molecule has 0 radical (unpaired) electrons. The Bertz CT molecular complexity index is 1010. The number of aliphatic hydroxyl groups is 1. The smallest absolute Gasteiger partial charge is 0.338 e. The molecular formula is C24H24O10. The zero-order chi connectivity index (χ0) is 24.7. The van der Waals surface area contributed by atoms with Crippen LogP contribution in [0.2, 0.25) is 0 Å². The van der Waals surface area contributed by atoms with Crippen LogP contribution in [0.1, 0.15) is 34.6 Å². The minimum absolute atomic E-state index is 0.194. The van der Waals surface area contributed by atoms with E-state index in [0.717, 1.165) is 13.8 Å². The lowest BCUT2D eigenvalue weighted by atomic mass is 9.98. The molecule has 5 atom stereocenters. The molecule has 2 aromatic rings. The highest BCUT2D eigenvalue weighted by atomic mass is 16.7. The third-order valence-corrected chi connectivity index (χ3v) is 4.85. The van der Waals surface area contributed by atoms with Crippen molar-refractivity contribution in [2.75, 3.05) is 6.61 Å². The molecule has 1 N–H and O–H groups in total. The molecule has 0 amide bonds. The fraction of sp³-hybridized carbons (Fsp3) is 0.333. The standard InChI is InChI=1S/C24H24O10/c1-14(25)31-20-19(34-23(28)17-11-7-4-8-12-17)18(33-24(29)21(20)32-15(2)26)13-30-22(27)16-9-5-3-6-10-16/h3-12,18-21,24,29H,13H2,1-2H3/t18-,19-,20+,21-,24-/m1/s1. The minimum atomic E-state index is -1.75. The molecule has 10 heteroatoms. The number of ether oxygens (including phenoxy) is 5. The van der Waals surface area contributed by atoms with Crippen LogP contribution in [-0.2, 0) is 33.3 Å². The summed E-state index contributed by atoms with van der Waals surface area (Å²) in [5.41, 5.74) is 0.463. The summed E-state index contributed by atoms with van der Waals surface area (Å²) in [5.74, 6) is -3.04. The van der Waals surface area contributed by atoms with Crippen LogP contribution in [0.4, 0.5) is 0 Å². The molecule has 180 valence electrons. The predicted molar refractivity (Wildman–Crippen MR) is 114 cm³/mol. The number of carbonyl (C=O) groups excluding carboxylic acids is 4. The van der Waals surface area contributed by atoms with Crippen molar-refractivity contribution < 1.29 is 48.0 Å². The molecule has 0 saturated carbocycles. The van der Waals surface area contributed by atoms with Gasteiger partial charge in [-0.05, 0) is 24.3 Å². The van der Waals surface area contributed by atoms with Gasteiger partial charge in [0.25, 0.3) is 0 Å². The first kappa shape index (κ1) is 24.9. The van der Waals surface area contributed by atoms with Gasteiger partial charge in [0, 0.05) is 13.8 Å². The van der Waals surface area contributed by atoms with E-state index in [1.165, 1.54) is 12.1 Å². The maximum absolute atomic E-state index is 12.8. The Labute approximate surface area is 195 Å². The summed E-state index contributed by atoms with van der Waals surface area (Å²) in [7, 11) is 0. The number of rotatable bonds is 7. The molecule has 2 aromatic carbocycles. The Morgan fingerprint density at radius 1 is 0.735 bits per heavy atom. The summed E-state index contributed by atoms with van der Waals surface area (Å²) in [5, 5.41) is 10.5. The number of hydrogen-bond donors (Lipinski definition) is 1. The Morgan fingerprint density at radius 3 is 1.76 bits per heavy atom.